The van der Waals surface area contributed by atoms with Crippen LogP contribution >= 0.6 is 23.2 Å². The average molecular weight is 525 g/mol. The first-order chi connectivity index (χ1) is 16.5. The van der Waals surface area contributed by atoms with E-state index in [-0.39, 0.29) is 44.2 Å². The largest absolute Gasteiger partial charge is 0.511 e. The number of methoxy groups -OCH3 is 1. The number of hydrogen-bond donors (Lipinski definition) is 2. The standard InChI is InChI=1S/C22H18Cl2N2O9/c1-10-19(34-21(27)28)18(14-8-13(26(31)32)4-6-15(14)23)20(35-22(29)30)11(2)25(10)12-5-7-17(33-3)16(24)9-12/h4-9,18H,1-3H3,(H,27,28)(H,29,30). The van der Waals surface area contributed by atoms with E-state index in [1.165, 1.54) is 38.0 Å². The highest BCUT2D eigenvalue weighted by atomic mass is 35.5. The molecule has 1 aliphatic heterocycles. The molecule has 35 heavy (non-hydrogen) atoms. The summed E-state index contributed by atoms with van der Waals surface area (Å²) in [4.78, 5) is 35.4. The van der Waals surface area contributed by atoms with Crippen LogP contribution in [0.25, 0.3) is 0 Å². The highest BCUT2D eigenvalue weighted by Gasteiger charge is 2.40. The van der Waals surface area contributed by atoms with Crippen molar-refractivity contribution in [1.29, 1.82) is 0 Å². The van der Waals surface area contributed by atoms with E-state index < -0.39 is 23.2 Å². The Morgan fingerprint density at radius 2 is 1.54 bits per heavy atom. The highest BCUT2D eigenvalue weighted by molar-refractivity contribution is 6.32. The summed E-state index contributed by atoms with van der Waals surface area (Å²) in [5, 5.41) is 30.5. The smallest absolute Gasteiger partial charge is 0.495 e. The van der Waals surface area contributed by atoms with Gasteiger partial charge in [-0.1, -0.05) is 23.2 Å². The zero-order chi connectivity index (χ0) is 26.0. The monoisotopic (exact) mass is 524 g/mol. The minimum atomic E-state index is -1.70. The Morgan fingerprint density at radius 3 is 2.00 bits per heavy atom. The van der Waals surface area contributed by atoms with E-state index in [1.807, 2.05) is 0 Å². The summed E-state index contributed by atoms with van der Waals surface area (Å²) < 4.78 is 15.3. The van der Waals surface area contributed by atoms with E-state index >= 15 is 0 Å². The summed E-state index contributed by atoms with van der Waals surface area (Å²) in [5.41, 5.74) is 0.508. The Bertz CT molecular complexity index is 1250. The van der Waals surface area contributed by atoms with Gasteiger partial charge in [0.05, 0.1) is 28.4 Å². The third-order valence-electron chi connectivity index (χ3n) is 5.20. The molecule has 2 aromatic rings. The number of carboxylic acid groups (broad SMARTS) is 2. The van der Waals surface area contributed by atoms with Crippen molar-refractivity contribution in [3.63, 3.8) is 0 Å². The lowest BCUT2D eigenvalue weighted by atomic mass is 9.89. The fourth-order valence-electron chi connectivity index (χ4n) is 3.79. The van der Waals surface area contributed by atoms with Crippen LogP contribution in [0.4, 0.5) is 21.0 Å². The van der Waals surface area contributed by atoms with Crippen LogP contribution in [-0.4, -0.2) is 34.6 Å². The number of nitro benzene ring substituents is 1. The van der Waals surface area contributed by atoms with E-state index in [9.17, 15) is 29.9 Å². The van der Waals surface area contributed by atoms with Crippen LogP contribution < -0.4 is 9.64 Å². The van der Waals surface area contributed by atoms with E-state index in [2.05, 4.69) is 0 Å². The molecule has 0 unspecified atom stereocenters. The van der Waals surface area contributed by atoms with Crippen molar-refractivity contribution in [3.05, 3.63) is 85.0 Å². The first-order valence-corrected chi connectivity index (χ1v) is 10.5. The van der Waals surface area contributed by atoms with Gasteiger partial charge in [0.2, 0.25) is 0 Å². The number of allylic oxidation sites excluding steroid dienone is 2. The number of nitro groups is 1. The molecule has 11 nitrogen and oxygen atoms in total. The first kappa shape index (κ1) is 25.7. The predicted octanol–water partition coefficient (Wildman–Crippen LogP) is 6.37. The number of ether oxygens (including phenoxy) is 3. The molecule has 0 fully saturated rings. The van der Waals surface area contributed by atoms with E-state index in [0.29, 0.717) is 11.4 Å². The first-order valence-electron chi connectivity index (χ1n) is 9.76. The maximum Gasteiger partial charge on any atom is 0.511 e. The summed E-state index contributed by atoms with van der Waals surface area (Å²) >= 11 is 12.6. The molecular formula is C22H18Cl2N2O9. The van der Waals surface area contributed by atoms with Crippen molar-refractivity contribution in [3.8, 4) is 5.75 Å². The van der Waals surface area contributed by atoms with Crippen LogP contribution in [0, 0.1) is 10.1 Å². The molecule has 0 saturated heterocycles. The minimum absolute atomic E-state index is 0.000111. The Balaban J connectivity index is 2.34. The summed E-state index contributed by atoms with van der Waals surface area (Å²) in [5.74, 6) is -1.50. The third-order valence-corrected chi connectivity index (χ3v) is 5.84. The highest BCUT2D eigenvalue weighted by Crippen LogP contribution is 2.47. The molecular weight excluding hydrogens is 507 g/mol. The van der Waals surface area contributed by atoms with Gasteiger partial charge in [0, 0.05) is 22.8 Å². The van der Waals surface area contributed by atoms with Crippen molar-refractivity contribution in [2.45, 2.75) is 19.8 Å². The summed E-state index contributed by atoms with van der Waals surface area (Å²) in [6.45, 7) is 3.05. The fraction of sp³-hybridized carbons (Fsp3) is 0.182. The Hall–Kier alpha value is -3.96. The molecule has 0 amide bonds. The summed E-state index contributed by atoms with van der Waals surface area (Å²) in [7, 11) is 1.43. The lowest BCUT2D eigenvalue weighted by molar-refractivity contribution is -0.384. The molecule has 0 aliphatic carbocycles. The van der Waals surface area contributed by atoms with Crippen LogP contribution in [0.3, 0.4) is 0 Å². The van der Waals surface area contributed by atoms with Gasteiger partial charge in [-0.2, -0.15) is 0 Å². The van der Waals surface area contributed by atoms with Crippen molar-refractivity contribution < 1.29 is 38.9 Å². The fourth-order valence-corrected chi connectivity index (χ4v) is 4.27. The second-order valence-corrected chi connectivity index (χ2v) is 8.00. The summed E-state index contributed by atoms with van der Waals surface area (Å²) in [6.07, 6.45) is -3.40. The molecule has 1 aliphatic rings. The van der Waals surface area contributed by atoms with Gasteiger partial charge in [0.1, 0.15) is 23.2 Å². The van der Waals surface area contributed by atoms with Crippen LogP contribution in [0.2, 0.25) is 10.0 Å². The average Bonchev–Trinajstić information content (AvgIpc) is 2.77. The normalized spacial score (nSPS) is 14.1. The molecule has 0 aromatic heterocycles. The number of hydrogen-bond acceptors (Lipinski definition) is 8. The van der Waals surface area contributed by atoms with Crippen LogP contribution in [0.1, 0.15) is 25.3 Å². The van der Waals surface area contributed by atoms with Gasteiger partial charge in [-0.15, -0.1) is 0 Å². The molecule has 0 spiro atoms. The van der Waals surface area contributed by atoms with Gasteiger partial charge >= 0.3 is 12.3 Å². The van der Waals surface area contributed by atoms with Crippen LogP contribution in [0.5, 0.6) is 5.75 Å². The van der Waals surface area contributed by atoms with E-state index in [0.717, 1.165) is 12.1 Å². The maximum absolute atomic E-state index is 11.6. The minimum Gasteiger partial charge on any atom is -0.495 e. The van der Waals surface area contributed by atoms with Crippen molar-refractivity contribution >= 4 is 46.9 Å². The van der Waals surface area contributed by atoms with Gasteiger partial charge in [-0.3, -0.25) is 10.1 Å². The number of rotatable bonds is 6. The van der Waals surface area contributed by atoms with Gasteiger partial charge < -0.3 is 29.3 Å². The maximum atomic E-state index is 11.6. The SMILES string of the molecule is COc1ccc(N2C(C)=C(OC(=O)O)C(c3cc([N+](=O)[O-])ccc3Cl)C(OC(=O)O)=C2C)cc1Cl. The predicted molar refractivity (Wildman–Crippen MR) is 125 cm³/mol. The molecule has 2 N–H and O–H groups in total. The van der Waals surface area contributed by atoms with Crippen LogP contribution in [0.15, 0.2) is 59.3 Å². The molecule has 0 bridgehead atoms. The number of anilines is 1. The Morgan fingerprint density at radius 1 is 0.971 bits per heavy atom. The number of carbonyl (C=O) groups is 2. The molecule has 2 aromatic carbocycles. The second kappa shape index (κ2) is 10.1. The van der Waals surface area contributed by atoms with Gasteiger partial charge in [0.25, 0.3) is 5.69 Å². The Kier molecular flexibility index (Phi) is 7.42. The number of benzene rings is 2. The van der Waals surface area contributed by atoms with E-state index in [4.69, 9.17) is 37.4 Å². The van der Waals surface area contributed by atoms with Crippen LogP contribution in [-0.2, 0) is 9.47 Å². The second-order valence-electron chi connectivity index (χ2n) is 7.19. The molecule has 13 heteroatoms. The quantitative estimate of drug-likeness (QED) is 0.248. The van der Waals surface area contributed by atoms with Gasteiger partial charge in [0.15, 0.2) is 0 Å². The molecule has 1 heterocycles. The van der Waals surface area contributed by atoms with Gasteiger partial charge in [-0.05, 0) is 43.7 Å². The van der Waals surface area contributed by atoms with Crippen molar-refractivity contribution in [1.82, 2.24) is 0 Å². The Labute approximate surface area is 208 Å². The zero-order valence-corrected chi connectivity index (χ0v) is 20.0. The lowest BCUT2D eigenvalue weighted by Crippen LogP contribution is -2.32. The lowest BCUT2D eigenvalue weighted by Gasteiger charge is -2.37. The summed E-state index contributed by atoms with van der Waals surface area (Å²) in [6, 6.07) is 8.19. The molecule has 3 rings (SSSR count). The van der Waals surface area contributed by atoms with Gasteiger partial charge in [-0.25, -0.2) is 9.59 Å². The molecule has 184 valence electrons. The number of halogens is 2. The number of non-ortho nitro benzene ring substituents is 1. The van der Waals surface area contributed by atoms with Crippen molar-refractivity contribution in [2.24, 2.45) is 0 Å². The number of nitrogens with zero attached hydrogens (tertiary/aromatic N) is 2. The molecule has 0 radical (unpaired) electrons. The zero-order valence-electron chi connectivity index (χ0n) is 18.4. The molecule has 0 saturated carbocycles. The van der Waals surface area contributed by atoms with Crippen molar-refractivity contribution in [2.75, 3.05) is 12.0 Å². The third kappa shape index (κ3) is 5.10. The molecule has 0 atom stereocenters. The van der Waals surface area contributed by atoms with E-state index in [1.54, 1.807) is 12.1 Å². The topological polar surface area (TPSA) is 149 Å².